The van der Waals surface area contributed by atoms with E-state index >= 15 is 0 Å². The minimum absolute atomic E-state index is 0.0755. The number of hydrogen-bond acceptors (Lipinski definition) is 3. The van der Waals surface area contributed by atoms with Crippen molar-refractivity contribution in [3.05, 3.63) is 24.0 Å². The number of methoxy groups -OCH3 is 1. The number of pyridine rings is 1. The lowest BCUT2D eigenvalue weighted by atomic mass is 10.1. The number of fused-ring (bicyclic) bond motifs is 1. The molecule has 1 saturated carbocycles. The number of aryl methyl sites for hydroxylation is 1. The van der Waals surface area contributed by atoms with E-state index in [0.29, 0.717) is 12.6 Å². The molecule has 2 amide bonds. The maximum Gasteiger partial charge on any atom is 0.315 e. The number of nitrogens with one attached hydrogen (secondary N) is 2. The number of amides is 2. The molecular formula is C15H20N4O2. The third kappa shape index (κ3) is 3.09. The summed E-state index contributed by atoms with van der Waals surface area (Å²) < 4.78 is 7.22. The minimum atomic E-state index is -0.0755. The summed E-state index contributed by atoms with van der Waals surface area (Å²) in [5.74, 6) is 0.745. The Bertz CT molecular complexity index is 661. The number of carbonyl (C=O) groups is 1. The van der Waals surface area contributed by atoms with Crippen LogP contribution < -0.4 is 15.4 Å². The number of ether oxygens (including phenoxy) is 1. The Morgan fingerprint density at radius 2 is 2.33 bits per heavy atom. The second kappa shape index (κ2) is 5.63. The molecule has 2 aromatic rings. The Labute approximate surface area is 123 Å². The van der Waals surface area contributed by atoms with E-state index in [9.17, 15) is 4.79 Å². The van der Waals surface area contributed by atoms with Gasteiger partial charge in [-0.25, -0.2) is 9.78 Å². The van der Waals surface area contributed by atoms with Crippen molar-refractivity contribution in [3.8, 4) is 5.75 Å². The van der Waals surface area contributed by atoms with E-state index < -0.39 is 0 Å². The van der Waals surface area contributed by atoms with Gasteiger partial charge in [-0.15, -0.1) is 0 Å². The quantitative estimate of drug-likeness (QED) is 0.878. The fraction of sp³-hybridized carbons (Fsp3) is 0.467. The molecule has 0 unspecified atom stereocenters. The summed E-state index contributed by atoms with van der Waals surface area (Å²) in [6, 6.07) is 2.30. The summed E-state index contributed by atoms with van der Waals surface area (Å²) in [4.78, 5) is 16.0. The molecule has 0 aliphatic heterocycles. The average Bonchev–Trinajstić information content (AvgIpc) is 3.23. The van der Waals surface area contributed by atoms with Crippen LogP contribution in [0.15, 0.2) is 18.5 Å². The fourth-order valence-corrected chi connectivity index (χ4v) is 2.41. The molecule has 0 bridgehead atoms. The van der Waals surface area contributed by atoms with E-state index in [1.54, 1.807) is 13.3 Å². The van der Waals surface area contributed by atoms with Crippen LogP contribution in [0.25, 0.3) is 11.0 Å². The largest absolute Gasteiger partial charge is 0.495 e. The first-order valence-electron chi connectivity index (χ1n) is 7.19. The van der Waals surface area contributed by atoms with Crippen LogP contribution in [0.3, 0.4) is 0 Å². The van der Waals surface area contributed by atoms with Gasteiger partial charge in [0.1, 0.15) is 11.4 Å². The first-order chi connectivity index (χ1) is 10.2. The van der Waals surface area contributed by atoms with Crippen LogP contribution in [0.1, 0.15) is 18.4 Å². The molecule has 0 radical (unpaired) electrons. The molecule has 1 fully saturated rings. The standard InChI is InChI=1S/C15H20N4O2/c1-19-9-10(5-6-16-15(20)18-11-3-4-11)13-7-12(21-2)8-17-14(13)19/h7-9,11H,3-6H2,1-2H3,(H2,16,18,20). The molecule has 0 spiro atoms. The highest BCUT2D eigenvalue weighted by Gasteiger charge is 2.22. The number of urea groups is 1. The lowest BCUT2D eigenvalue weighted by molar-refractivity contribution is 0.240. The zero-order chi connectivity index (χ0) is 14.8. The molecule has 0 atom stereocenters. The zero-order valence-corrected chi connectivity index (χ0v) is 12.3. The smallest absolute Gasteiger partial charge is 0.315 e. The normalized spacial score (nSPS) is 14.2. The van der Waals surface area contributed by atoms with Gasteiger partial charge < -0.3 is 19.9 Å². The predicted molar refractivity (Wildman–Crippen MR) is 80.5 cm³/mol. The van der Waals surface area contributed by atoms with Crippen molar-refractivity contribution >= 4 is 17.1 Å². The molecule has 2 heterocycles. The number of hydrogen-bond donors (Lipinski definition) is 2. The summed E-state index contributed by atoms with van der Waals surface area (Å²) in [5.41, 5.74) is 2.08. The summed E-state index contributed by atoms with van der Waals surface area (Å²) in [6.07, 6.45) is 6.74. The van der Waals surface area contributed by atoms with E-state index in [0.717, 1.165) is 41.6 Å². The van der Waals surface area contributed by atoms with Gasteiger partial charge in [0.2, 0.25) is 0 Å². The molecular weight excluding hydrogens is 268 g/mol. The number of carbonyl (C=O) groups excluding carboxylic acids is 1. The minimum Gasteiger partial charge on any atom is -0.495 e. The van der Waals surface area contributed by atoms with Crippen LogP contribution >= 0.6 is 0 Å². The van der Waals surface area contributed by atoms with E-state index in [1.807, 2.05) is 17.7 Å². The van der Waals surface area contributed by atoms with Crippen molar-refractivity contribution in [2.24, 2.45) is 7.05 Å². The van der Waals surface area contributed by atoms with Gasteiger partial charge in [-0.2, -0.15) is 0 Å². The highest BCUT2D eigenvalue weighted by molar-refractivity contribution is 5.82. The molecule has 6 heteroatoms. The van der Waals surface area contributed by atoms with Crippen molar-refractivity contribution in [2.75, 3.05) is 13.7 Å². The van der Waals surface area contributed by atoms with Crippen LogP contribution in [0, 0.1) is 0 Å². The van der Waals surface area contributed by atoms with Crippen LogP contribution in [-0.2, 0) is 13.5 Å². The lowest BCUT2D eigenvalue weighted by Gasteiger charge is -2.06. The Kier molecular flexibility index (Phi) is 3.68. The highest BCUT2D eigenvalue weighted by Crippen LogP contribution is 2.23. The maximum atomic E-state index is 11.6. The van der Waals surface area contributed by atoms with Gasteiger partial charge in [0.25, 0.3) is 0 Å². The Morgan fingerprint density at radius 3 is 3.05 bits per heavy atom. The fourth-order valence-electron chi connectivity index (χ4n) is 2.41. The Morgan fingerprint density at radius 1 is 1.52 bits per heavy atom. The summed E-state index contributed by atoms with van der Waals surface area (Å²) in [7, 11) is 3.60. The molecule has 2 aromatic heterocycles. The molecule has 2 N–H and O–H groups in total. The van der Waals surface area contributed by atoms with Crippen LogP contribution in [0.2, 0.25) is 0 Å². The van der Waals surface area contributed by atoms with Gasteiger partial charge in [0.05, 0.1) is 13.3 Å². The topological polar surface area (TPSA) is 68.2 Å². The summed E-state index contributed by atoms with van der Waals surface area (Å²) >= 11 is 0. The van der Waals surface area contributed by atoms with Gasteiger partial charge >= 0.3 is 6.03 Å². The molecule has 3 rings (SSSR count). The zero-order valence-electron chi connectivity index (χ0n) is 12.3. The summed E-state index contributed by atoms with van der Waals surface area (Å²) in [5, 5.41) is 6.88. The molecule has 21 heavy (non-hydrogen) atoms. The number of nitrogens with zero attached hydrogens (tertiary/aromatic N) is 2. The van der Waals surface area contributed by atoms with Crippen molar-refractivity contribution in [2.45, 2.75) is 25.3 Å². The number of aromatic nitrogens is 2. The molecule has 1 aliphatic rings. The maximum absolute atomic E-state index is 11.6. The predicted octanol–water partition coefficient (Wildman–Crippen LogP) is 1.59. The van der Waals surface area contributed by atoms with Gasteiger partial charge in [0.15, 0.2) is 0 Å². The third-order valence-electron chi connectivity index (χ3n) is 3.70. The first kappa shape index (κ1) is 13.7. The van der Waals surface area contributed by atoms with Crippen molar-refractivity contribution in [3.63, 3.8) is 0 Å². The summed E-state index contributed by atoms with van der Waals surface area (Å²) in [6.45, 7) is 0.606. The molecule has 6 nitrogen and oxygen atoms in total. The monoisotopic (exact) mass is 288 g/mol. The van der Waals surface area contributed by atoms with Crippen molar-refractivity contribution in [1.29, 1.82) is 0 Å². The first-order valence-corrected chi connectivity index (χ1v) is 7.19. The van der Waals surface area contributed by atoms with Gasteiger partial charge in [-0.05, 0) is 30.9 Å². The molecule has 1 aliphatic carbocycles. The average molecular weight is 288 g/mol. The lowest BCUT2D eigenvalue weighted by Crippen LogP contribution is -2.37. The van der Waals surface area contributed by atoms with Crippen LogP contribution in [0.5, 0.6) is 5.75 Å². The number of rotatable bonds is 5. The van der Waals surface area contributed by atoms with Crippen LogP contribution in [0.4, 0.5) is 4.79 Å². The Hall–Kier alpha value is -2.24. The van der Waals surface area contributed by atoms with E-state index in [2.05, 4.69) is 21.8 Å². The molecule has 112 valence electrons. The van der Waals surface area contributed by atoms with Crippen molar-refractivity contribution < 1.29 is 9.53 Å². The molecule has 0 aromatic carbocycles. The van der Waals surface area contributed by atoms with E-state index in [4.69, 9.17) is 4.74 Å². The Balaban J connectivity index is 1.66. The molecule has 0 saturated heterocycles. The van der Waals surface area contributed by atoms with Crippen molar-refractivity contribution in [1.82, 2.24) is 20.2 Å². The van der Waals surface area contributed by atoms with E-state index in [1.165, 1.54) is 0 Å². The second-order valence-electron chi connectivity index (χ2n) is 5.44. The highest BCUT2D eigenvalue weighted by atomic mass is 16.5. The van der Waals surface area contributed by atoms with Crippen LogP contribution in [-0.4, -0.2) is 35.3 Å². The van der Waals surface area contributed by atoms with Gasteiger partial charge in [-0.3, -0.25) is 0 Å². The van der Waals surface area contributed by atoms with Gasteiger partial charge in [0, 0.05) is 31.2 Å². The van der Waals surface area contributed by atoms with Gasteiger partial charge in [-0.1, -0.05) is 0 Å². The SMILES string of the molecule is COc1cnc2c(c1)c(CCNC(=O)NC1CC1)cn2C. The third-order valence-corrected chi connectivity index (χ3v) is 3.70. The van der Waals surface area contributed by atoms with E-state index in [-0.39, 0.29) is 6.03 Å². The second-order valence-corrected chi connectivity index (χ2v) is 5.44.